The normalized spacial score (nSPS) is 29.3. The van der Waals surface area contributed by atoms with Gasteiger partial charge < -0.3 is 10.1 Å². The van der Waals surface area contributed by atoms with Crippen LogP contribution in [0.25, 0.3) is 0 Å². The summed E-state index contributed by atoms with van der Waals surface area (Å²) >= 11 is 0. The molecule has 0 radical (unpaired) electrons. The maximum Gasteiger partial charge on any atom is 0.0722 e. The van der Waals surface area contributed by atoms with Crippen molar-refractivity contribution in [2.75, 3.05) is 13.7 Å². The molecule has 0 aromatic rings. The van der Waals surface area contributed by atoms with Gasteiger partial charge in [0.15, 0.2) is 0 Å². The summed E-state index contributed by atoms with van der Waals surface area (Å²) in [6.45, 7) is 3.33. The second-order valence-corrected chi connectivity index (χ2v) is 2.53. The number of methoxy groups -OCH3 is 1. The smallest absolute Gasteiger partial charge is 0.0722 e. The van der Waals surface area contributed by atoms with Crippen LogP contribution in [0.15, 0.2) is 0 Å². The van der Waals surface area contributed by atoms with E-state index in [1.54, 1.807) is 7.11 Å². The van der Waals surface area contributed by atoms with Crippen molar-refractivity contribution >= 4 is 0 Å². The fraction of sp³-hybridized carbons (Fsp3) is 1.00. The van der Waals surface area contributed by atoms with Crippen LogP contribution in [0.1, 0.15) is 19.8 Å². The van der Waals surface area contributed by atoms with Crippen molar-refractivity contribution in [2.45, 2.75) is 31.9 Å². The van der Waals surface area contributed by atoms with Gasteiger partial charge in [-0.1, -0.05) is 6.92 Å². The van der Waals surface area contributed by atoms with Gasteiger partial charge in [0.05, 0.1) is 6.10 Å². The molecule has 1 fully saturated rings. The van der Waals surface area contributed by atoms with Crippen LogP contribution < -0.4 is 5.32 Å². The Morgan fingerprint density at radius 2 is 2.44 bits per heavy atom. The number of rotatable bonds is 3. The van der Waals surface area contributed by atoms with Gasteiger partial charge in [-0.15, -0.1) is 0 Å². The molecule has 0 aromatic heterocycles. The first-order chi connectivity index (χ1) is 4.38. The van der Waals surface area contributed by atoms with Gasteiger partial charge in [-0.25, -0.2) is 0 Å². The molecule has 1 aliphatic heterocycles. The van der Waals surface area contributed by atoms with E-state index in [0.29, 0.717) is 12.1 Å². The molecule has 54 valence electrons. The van der Waals surface area contributed by atoms with Crippen molar-refractivity contribution < 1.29 is 4.74 Å². The van der Waals surface area contributed by atoms with E-state index in [1.807, 2.05) is 0 Å². The quantitative estimate of drug-likeness (QED) is 0.608. The van der Waals surface area contributed by atoms with Gasteiger partial charge in [0.1, 0.15) is 0 Å². The van der Waals surface area contributed by atoms with Crippen LogP contribution >= 0.6 is 0 Å². The molecule has 0 bridgehead atoms. The van der Waals surface area contributed by atoms with Gasteiger partial charge in [-0.05, 0) is 19.4 Å². The maximum absolute atomic E-state index is 5.24. The molecular weight excluding hydrogens is 114 g/mol. The van der Waals surface area contributed by atoms with Crippen LogP contribution in [0.4, 0.5) is 0 Å². The Morgan fingerprint density at radius 3 is 2.56 bits per heavy atom. The molecule has 0 aliphatic carbocycles. The van der Waals surface area contributed by atoms with Crippen LogP contribution in [-0.2, 0) is 4.74 Å². The van der Waals surface area contributed by atoms with E-state index in [-0.39, 0.29) is 0 Å². The Balaban J connectivity index is 2.19. The van der Waals surface area contributed by atoms with Crippen LogP contribution in [0.3, 0.4) is 0 Å². The van der Waals surface area contributed by atoms with E-state index in [2.05, 4.69) is 12.2 Å². The molecular formula is C7H15NO. The van der Waals surface area contributed by atoms with Gasteiger partial charge in [-0.2, -0.15) is 0 Å². The standard InChI is InChI=1S/C7H15NO/c1-3-7(9-2)6-4-5-8-6/h6-8H,3-5H2,1-2H3. The fourth-order valence-corrected chi connectivity index (χ4v) is 1.24. The first kappa shape index (κ1) is 7.03. The Labute approximate surface area is 56.6 Å². The zero-order chi connectivity index (χ0) is 6.69. The molecule has 2 nitrogen and oxygen atoms in total. The van der Waals surface area contributed by atoms with Crippen LogP contribution in [0.5, 0.6) is 0 Å². The van der Waals surface area contributed by atoms with E-state index in [4.69, 9.17) is 4.74 Å². The van der Waals surface area contributed by atoms with Gasteiger partial charge in [0, 0.05) is 13.2 Å². The molecule has 2 heteroatoms. The first-order valence-corrected chi connectivity index (χ1v) is 3.64. The van der Waals surface area contributed by atoms with Crippen molar-refractivity contribution in [2.24, 2.45) is 0 Å². The van der Waals surface area contributed by atoms with Crippen molar-refractivity contribution in [3.05, 3.63) is 0 Å². The largest absolute Gasteiger partial charge is 0.380 e. The van der Waals surface area contributed by atoms with Crippen LogP contribution in [0.2, 0.25) is 0 Å². The predicted molar refractivity (Wildman–Crippen MR) is 37.5 cm³/mol. The Morgan fingerprint density at radius 1 is 1.78 bits per heavy atom. The summed E-state index contributed by atoms with van der Waals surface area (Å²) in [6, 6.07) is 0.639. The van der Waals surface area contributed by atoms with Gasteiger partial charge in [0.25, 0.3) is 0 Å². The summed E-state index contributed by atoms with van der Waals surface area (Å²) < 4.78 is 5.24. The molecule has 0 aromatic carbocycles. The molecule has 0 saturated carbocycles. The third kappa shape index (κ3) is 1.43. The van der Waals surface area contributed by atoms with Gasteiger partial charge in [-0.3, -0.25) is 0 Å². The molecule has 1 rings (SSSR count). The van der Waals surface area contributed by atoms with Crippen molar-refractivity contribution in [3.63, 3.8) is 0 Å². The lowest BCUT2D eigenvalue weighted by Gasteiger charge is -2.33. The summed E-state index contributed by atoms with van der Waals surface area (Å²) in [6.07, 6.45) is 2.85. The highest BCUT2D eigenvalue weighted by Gasteiger charge is 2.24. The molecule has 2 unspecified atom stereocenters. The summed E-state index contributed by atoms with van der Waals surface area (Å²) in [4.78, 5) is 0. The molecule has 0 amide bonds. The van der Waals surface area contributed by atoms with Crippen molar-refractivity contribution in [1.29, 1.82) is 0 Å². The fourth-order valence-electron chi connectivity index (χ4n) is 1.24. The Kier molecular flexibility index (Phi) is 2.49. The summed E-state index contributed by atoms with van der Waals surface area (Å²) in [7, 11) is 1.79. The summed E-state index contributed by atoms with van der Waals surface area (Å²) in [5.41, 5.74) is 0. The predicted octanol–water partition coefficient (Wildman–Crippen LogP) is 0.773. The summed E-state index contributed by atoms with van der Waals surface area (Å²) in [5.74, 6) is 0. The lowest BCUT2D eigenvalue weighted by molar-refractivity contribution is 0.0434. The number of ether oxygens (including phenoxy) is 1. The third-order valence-electron chi connectivity index (χ3n) is 2.02. The average Bonchev–Trinajstić information content (AvgIpc) is 1.78. The van der Waals surface area contributed by atoms with Gasteiger partial charge >= 0.3 is 0 Å². The maximum atomic E-state index is 5.24. The molecule has 1 heterocycles. The minimum atomic E-state index is 0.443. The van der Waals surface area contributed by atoms with E-state index in [0.717, 1.165) is 6.42 Å². The van der Waals surface area contributed by atoms with E-state index < -0.39 is 0 Å². The zero-order valence-corrected chi connectivity index (χ0v) is 6.18. The first-order valence-electron chi connectivity index (χ1n) is 3.64. The van der Waals surface area contributed by atoms with Crippen molar-refractivity contribution in [3.8, 4) is 0 Å². The second kappa shape index (κ2) is 3.18. The average molecular weight is 129 g/mol. The highest BCUT2D eigenvalue weighted by molar-refractivity contribution is 4.84. The zero-order valence-electron chi connectivity index (χ0n) is 6.18. The molecule has 1 aliphatic rings. The Hall–Kier alpha value is -0.0800. The highest BCUT2D eigenvalue weighted by atomic mass is 16.5. The number of hydrogen-bond acceptors (Lipinski definition) is 2. The molecule has 2 atom stereocenters. The van der Waals surface area contributed by atoms with E-state index in [9.17, 15) is 0 Å². The summed E-state index contributed by atoms with van der Waals surface area (Å²) in [5, 5.41) is 3.32. The topological polar surface area (TPSA) is 21.3 Å². The Bertz CT molecular complexity index is 77.0. The van der Waals surface area contributed by atoms with Crippen LogP contribution in [-0.4, -0.2) is 25.8 Å². The highest BCUT2D eigenvalue weighted by Crippen LogP contribution is 2.12. The molecule has 1 saturated heterocycles. The monoisotopic (exact) mass is 129 g/mol. The second-order valence-electron chi connectivity index (χ2n) is 2.53. The SMILES string of the molecule is CCC(OC)C1CCN1. The third-order valence-corrected chi connectivity index (χ3v) is 2.02. The molecule has 0 spiro atoms. The van der Waals surface area contributed by atoms with Crippen molar-refractivity contribution in [1.82, 2.24) is 5.32 Å². The lowest BCUT2D eigenvalue weighted by Crippen LogP contribution is -2.51. The molecule has 1 N–H and O–H groups in total. The molecule has 9 heavy (non-hydrogen) atoms. The minimum Gasteiger partial charge on any atom is -0.380 e. The minimum absolute atomic E-state index is 0.443. The number of nitrogens with one attached hydrogen (secondary N) is 1. The van der Waals surface area contributed by atoms with E-state index in [1.165, 1.54) is 13.0 Å². The lowest BCUT2D eigenvalue weighted by atomic mass is 9.99. The van der Waals surface area contributed by atoms with Gasteiger partial charge in [0.2, 0.25) is 0 Å². The van der Waals surface area contributed by atoms with Crippen LogP contribution in [0, 0.1) is 0 Å². The van der Waals surface area contributed by atoms with E-state index >= 15 is 0 Å². The number of hydrogen-bond donors (Lipinski definition) is 1.